The number of amides is 1. The average Bonchev–Trinajstić information content (AvgIpc) is 3.11. The van der Waals surface area contributed by atoms with Crippen molar-refractivity contribution < 1.29 is 19.8 Å². The summed E-state index contributed by atoms with van der Waals surface area (Å²) in [4.78, 5) is 43.3. The van der Waals surface area contributed by atoms with Gasteiger partial charge in [-0.1, -0.05) is 60.4 Å². The smallest absolute Gasteiger partial charge is 0.305 e. The van der Waals surface area contributed by atoms with Crippen LogP contribution < -0.4 is 10.9 Å². The van der Waals surface area contributed by atoms with Crippen molar-refractivity contribution in [1.29, 1.82) is 0 Å². The van der Waals surface area contributed by atoms with E-state index >= 15 is 0 Å². The lowest BCUT2D eigenvalue weighted by Crippen LogP contribution is -2.30. The number of aliphatic hydroxyl groups excluding tert-OH is 1. The van der Waals surface area contributed by atoms with Gasteiger partial charge in [0.05, 0.1) is 23.0 Å². The van der Waals surface area contributed by atoms with Crippen LogP contribution in [-0.4, -0.2) is 53.8 Å². The molecule has 1 amide bonds. The molecule has 3 N–H and O–H groups in total. The lowest BCUT2D eigenvalue weighted by molar-refractivity contribution is -0.137. The number of nitrogens with one attached hydrogen (secondary N) is 1. The van der Waals surface area contributed by atoms with Gasteiger partial charge in [0, 0.05) is 19.3 Å². The van der Waals surface area contributed by atoms with Crippen LogP contribution in [0.1, 0.15) is 29.2 Å². The number of thiocarbonyl (C=S) groups is 1. The topological polar surface area (TPSA) is 124 Å². The van der Waals surface area contributed by atoms with Crippen LogP contribution in [0.15, 0.2) is 58.4 Å². The molecule has 1 fully saturated rings. The number of hydrogen-bond acceptors (Lipinski definition) is 8. The van der Waals surface area contributed by atoms with Crippen LogP contribution in [0.2, 0.25) is 0 Å². The summed E-state index contributed by atoms with van der Waals surface area (Å²) in [7, 11) is 0. The number of carboxylic acid groups (broad SMARTS) is 1. The summed E-state index contributed by atoms with van der Waals surface area (Å²) in [6.07, 6.45) is 1.91. The summed E-state index contributed by atoms with van der Waals surface area (Å²) in [6, 6.07) is 12.6. The molecule has 1 saturated heterocycles. The van der Waals surface area contributed by atoms with Crippen LogP contribution in [0.25, 0.3) is 11.7 Å². The summed E-state index contributed by atoms with van der Waals surface area (Å²) in [6.45, 7) is 1.86. The quantitative estimate of drug-likeness (QED) is 0.310. The molecule has 4 rings (SSSR count). The van der Waals surface area contributed by atoms with Crippen LogP contribution in [0, 0.1) is 6.92 Å². The third-order valence-electron chi connectivity index (χ3n) is 5.43. The number of carbonyl (C=O) groups excluding carboxylic acids is 1. The van der Waals surface area contributed by atoms with Gasteiger partial charge in [0.1, 0.15) is 15.8 Å². The first-order valence-corrected chi connectivity index (χ1v) is 11.9. The fourth-order valence-electron chi connectivity index (χ4n) is 3.59. The summed E-state index contributed by atoms with van der Waals surface area (Å²) in [5.41, 5.74) is 1.66. The number of rotatable bonds is 8. The van der Waals surface area contributed by atoms with Crippen molar-refractivity contribution in [3.63, 3.8) is 0 Å². The second-order valence-electron chi connectivity index (χ2n) is 7.85. The van der Waals surface area contributed by atoms with Gasteiger partial charge in [0.15, 0.2) is 0 Å². The molecule has 35 heavy (non-hydrogen) atoms. The fourth-order valence-corrected chi connectivity index (χ4v) is 4.88. The Morgan fingerprint density at radius 1 is 1.23 bits per heavy atom. The fraction of sp³-hybridized carbons (Fsp3) is 0.208. The van der Waals surface area contributed by atoms with Gasteiger partial charge in [-0.25, -0.2) is 4.98 Å². The Bertz CT molecular complexity index is 1400. The molecule has 2 aromatic heterocycles. The van der Waals surface area contributed by atoms with Gasteiger partial charge in [-0.15, -0.1) is 0 Å². The molecule has 3 aromatic rings. The van der Waals surface area contributed by atoms with Gasteiger partial charge in [0.2, 0.25) is 0 Å². The highest BCUT2D eigenvalue weighted by Gasteiger charge is 2.32. The van der Waals surface area contributed by atoms with Gasteiger partial charge in [-0.2, -0.15) is 0 Å². The van der Waals surface area contributed by atoms with Gasteiger partial charge in [0.25, 0.3) is 11.5 Å². The van der Waals surface area contributed by atoms with Crippen LogP contribution in [0.5, 0.6) is 0 Å². The molecule has 1 unspecified atom stereocenters. The van der Waals surface area contributed by atoms with Crippen LogP contribution in [0.4, 0.5) is 5.82 Å². The normalized spacial score (nSPS) is 15.7. The molecular formula is C24H22N4O5S2. The molecule has 1 aromatic carbocycles. The standard InChI is InChI=1S/C24H22N4O5S2/c1-14-6-5-10-27-21(14)26-20(25-13-17(29)15-7-3-2-4-8-15)16(22(27)32)12-18-23(33)28(24(34)35-18)11-9-19(30)31/h2-8,10,12,17,25,29H,9,11,13H2,1H3,(H,30,31)/b18-12-. The molecule has 1 aliphatic rings. The Labute approximate surface area is 210 Å². The van der Waals surface area contributed by atoms with Crippen molar-refractivity contribution >= 4 is 57.7 Å². The highest BCUT2D eigenvalue weighted by Crippen LogP contribution is 2.33. The second-order valence-corrected chi connectivity index (χ2v) is 9.52. The van der Waals surface area contributed by atoms with E-state index in [4.69, 9.17) is 17.3 Å². The van der Waals surface area contributed by atoms with Crippen molar-refractivity contribution in [1.82, 2.24) is 14.3 Å². The van der Waals surface area contributed by atoms with Crippen molar-refractivity contribution in [3.05, 3.63) is 80.6 Å². The van der Waals surface area contributed by atoms with Crippen LogP contribution in [0.3, 0.4) is 0 Å². The Hall–Kier alpha value is -3.54. The maximum atomic E-state index is 13.4. The maximum Gasteiger partial charge on any atom is 0.305 e. The number of carbonyl (C=O) groups is 2. The van der Waals surface area contributed by atoms with Crippen molar-refractivity contribution in [2.45, 2.75) is 19.4 Å². The van der Waals surface area contributed by atoms with E-state index in [9.17, 15) is 19.5 Å². The minimum absolute atomic E-state index is 0.0557. The van der Waals surface area contributed by atoms with E-state index in [1.54, 1.807) is 24.4 Å². The largest absolute Gasteiger partial charge is 0.481 e. The molecule has 180 valence electrons. The van der Waals surface area contributed by atoms with E-state index in [0.717, 1.165) is 17.3 Å². The summed E-state index contributed by atoms with van der Waals surface area (Å²) >= 11 is 6.25. The lowest BCUT2D eigenvalue weighted by atomic mass is 10.1. The number of pyridine rings is 1. The number of aliphatic carboxylic acids is 1. The van der Waals surface area contributed by atoms with E-state index in [-0.39, 0.29) is 40.1 Å². The van der Waals surface area contributed by atoms with Crippen molar-refractivity contribution in [2.24, 2.45) is 0 Å². The maximum absolute atomic E-state index is 13.4. The number of aliphatic hydroxyl groups is 1. The Morgan fingerprint density at radius 2 is 1.97 bits per heavy atom. The van der Waals surface area contributed by atoms with Crippen LogP contribution >= 0.6 is 24.0 Å². The number of nitrogens with zero attached hydrogens (tertiary/aromatic N) is 3. The van der Waals surface area contributed by atoms with Gasteiger partial charge >= 0.3 is 5.97 Å². The minimum atomic E-state index is -1.04. The molecule has 3 heterocycles. The Balaban J connectivity index is 1.73. The van der Waals surface area contributed by atoms with Gasteiger partial charge < -0.3 is 15.5 Å². The molecule has 0 radical (unpaired) electrons. The second kappa shape index (κ2) is 10.4. The molecule has 9 nitrogen and oxygen atoms in total. The van der Waals surface area contributed by atoms with Gasteiger partial charge in [-0.3, -0.25) is 23.7 Å². The highest BCUT2D eigenvalue weighted by atomic mass is 32.2. The third-order valence-corrected chi connectivity index (χ3v) is 6.81. The molecule has 11 heteroatoms. The lowest BCUT2D eigenvalue weighted by Gasteiger charge is -2.15. The molecule has 1 atom stereocenters. The number of hydrogen-bond donors (Lipinski definition) is 3. The predicted molar refractivity (Wildman–Crippen MR) is 138 cm³/mol. The average molecular weight is 511 g/mol. The number of thioether (sulfide) groups is 1. The van der Waals surface area contributed by atoms with E-state index in [1.165, 1.54) is 15.4 Å². The van der Waals surface area contributed by atoms with Gasteiger partial charge in [-0.05, 0) is 30.2 Å². The number of aryl methyl sites for hydroxylation is 1. The SMILES string of the molecule is Cc1cccn2c(=O)c(/C=C3\SC(=S)N(CCC(=O)O)C3=O)c(NCC(O)c3ccccc3)nc12. The number of anilines is 1. The summed E-state index contributed by atoms with van der Waals surface area (Å²) in [5, 5.41) is 22.6. The first kappa shape index (κ1) is 24.6. The predicted octanol–water partition coefficient (Wildman–Crippen LogP) is 2.82. The third kappa shape index (κ3) is 5.26. The molecule has 0 spiro atoms. The highest BCUT2D eigenvalue weighted by molar-refractivity contribution is 8.26. The number of benzene rings is 1. The monoisotopic (exact) mass is 510 g/mol. The Kier molecular flexibility index (Phi) is 7.29. The first-order chi connectivity index (χ1) is 16.8. The van der Waals surface area contributed by atoms with E-state index in [1.807, 2.05) is 31.2 Å². The van der Waals surface area contributed by atoms with Crippen LogP contribution in [-0.2, 0) is 9.59 Å². The number of fused-ring (bicyclic) bond motifs is 1. The zero-order valence-electron chi connectivity index (χ0n) is 18.7. The zero-order valence-corrected chi connectivity index (χ0v) is 20.3. The first-order valence-electron chi connectivity index (χ1n) is 10.7. The zero-order chi connectivity index (χ0) is 25.1. The number of aromatic nitrogens is 2. The molecular weight excluding hydrogens is 488 g/mol. The minimum Gasteiger partial charge on any atom is -0.481 e. The Morgan fingerprint density at radius 3 is 2.69 bits per heavy atom. The molecule has 1 aliphatic heterocycles. The van der Waals surface area contributed by atoms with Crippen molar-refractivity contribution in [2.75, 3.05) is 18.4 Å². The number of carboxylic acids is 1. The summed E-state index contributed by atoms with van der Waals surface area (Å²) < 4.78 is 1.62. The molecule has 0 bridgehead atoms. The van der Waals surface area contributed by atoms with E-state index < -0.39 is 23.5 Å². The molecule has 0 aliphatic carbocycles. The molecule has 0 saturated carbocycles. The van der Waals surface area contributed by atoms with E-state index in [2.05, 4.69) is 10.3 Å². The summed E-state index contributed by atoms with van der Waals surface area (Å²) in [5.74, 6) is -1.29. The van der Waals surface area contributed by atoms with E-state index in [0.29, 0.717) is 11.2 Å². The van der Waals surface area contributed by atoms with Crippen molar-refractivity contribution in [3.8, 4) is 0 Å².